The van der Waals surface area contributed by atoms with Gasteiger partial charge in [-0.05, 0) is 30.5 Å². The summed E-state index contributed by atoms with van der Waals surface area (Å²) in [6.45, 7) is 0.491. The first-order valence-corrected chi connectivity index (χ1v) is 7.36. The third-order valence-electron chi connectivity index (χ3n) is 4.17. The van der Waals surface area contributed by atoms with Crippen LogP contribution in [0.2, 0.25) is 5.02 Å². The van der Waals surface area contributed by atoms with E-state index >= 15 is 0 Å². The number of likely N-dealkylation sites (N-methyl/N-ethyl adjacent to an activating group) is 1. The largest absolute Gasteiger partial charge is 0.344 e. The van der Waals surface area contributed by atoms with Gasteiger partial charge in [0.1, 0.15) is 0 Å². The highest BCUT2D eigenvalue weighted by Gasteiger charge is 2.43. The van der Waals surface area contributed by atoms with Gasteiger partial charge in [-0.1, -0.05) is 36.6 Å². The van der Waals surface area contributed by atoms with E-state index in [1.54, 1.807) is 11.9 Å². The number of benzene rings is 1. The van der Waals surface area contributed by atoms with Crippen LogP contribution >= 0.6 is 11.6 Å². The van der Waals surface area contributed by atoms with E-state index in [1.165, 1.54) is 0 Å². The molecule has 0 N–H and O–H groups in total. The Labute approximate surface area is 125 Å². The zero-order chi connectivity index (χ0) is 14.6. The predicted octanol–water partition coefficient (Wildman–Crippen LogP) is 3.52. The molecule has 1 aromatic carbocycles. The van der Waals surface area contributed by atoms with E-state index in [1.807, 2.05) is 24.3 Å². The molecule has 0 saturated heterocycles. The average molecular weight is 291 g/mol. The normalized spacial score (nSPS) is 16.6. The molecule has 106 valence electrons. The molecule has 0 unspecified atom stereocenters. The lowest BCUT2D eigenvalue weighted by molar-refractivity contribution is -0.136. The zero-order valence-electron chi connectivity index (χ0n) is 11.7. The lowest BCUT2D eigenvalue weighted by Gasteiger charge is -2.32. The summed E-state index contributed by atoms with van der Waals surface area (Å²) < 4.78 is 0. The second-order valence-corrected chi connectivity index (χ2v) is 5.87. The number of amides is 1. The minimum absolute atomic E-state index is 0.132. The molecule has 1 saturated carbocycles. The van der Waals surface area contributed by atoms with Crippen LogP contribution in [-0.2, 0) is 10.2 Å². The van der Waals surface area contributed by atoms with Crippen LogP contribution in [0.4, 0.5) is 0 Å². The molecular formula is C16H19ClN2O. The van der Waals surface area contributed by atoms with Gasteiger partial charge in [0.2, 0.25) is 5.91 Å². The molecule has 0 radical (unpaired) electrons. The van der Waals surface area contributed by atoms with Crippen LogP contribution in [-0.4, -0.2) is 24.4 Å². The number of carbonyl (C=O) groups is 1. The van der Waals surface area contributed by atoms with Crippen molar-refractivity contribution in [3.63, 3.8) is 0 Å². The monoisotopic (exact) mass is 290 g/mol. The van der Waals surface area contributed by atoms with Crippen LogP contribution < -0.4 is 0 Å². The Hall–Kier alpha value is -1.53. The molecule has 0 aromatic heterocycles. The highest BCUT2D eigenvalue weighted by molar-refractivity contribution is 6.30. The van der Waals surface area contributed by atoms with Crippen molar-refractivity contribution in [2.45, 2.75) is 37.5 Å². The maximum atomic E-state index is 12.8. The summed E-state index contributed by atoms with van der Waals surface area (Å²) in [4.78, 5) is 14.5. The van der Waals surface area contributed by atoms with Crippen LogP contribution in [0.3, 0.4) is 0 Å². The topological polar surface area (TPSA) is 44.1 Å². The van der Waals surface area contributed by atoms with Gasteiger partial charge in [0.15, 0.2) is 0 Å². The lowest BCUT2D eigenvalue weighted by atomic mass is 9.77. The van der Waals surface area contributed by atoms with E-state index in [-0.39, 0.29) is 5.91 Å². The number of hydrogen-bond acceptors (Lipinski definition) is 2. The van der Waals surface area contributed by atoms with E-state index in [0.717, 1.165) is 31.2 Å². The Morgan fingerprint density at radius 2 is 1.95 bits per heavy atom. The molecule has 1 amide bonds. The van der Waals surface area contributed by atoms with Gasteiger partial charge >= 0.3 is 0 Å². The fraction of sp³-hybridized carbons (Fsp3) is 0.500. The van der Waals surface area contributed by atoms with Gasteiger partial charge in [-0.15, -0.1) is 0 Å². The van der Waals surface area contributed by atoms with Crippen LogP contribution in [0.25, 0.3) is 0 Å². The molecule has 1 aromatic rings. The van der Waals surface area contributed by atoms with Gasteiger partial charge in [-0.2, -0.15) is 5.26 Å². The molecule has 1 fully saturated rings. The van der Waals surface area contributed by atoms with Crippen molar-refractivity contribution >= 4 is 17.5 Å². The molecule has 1 aliphatic rings. The van der Waals surface area contributed by atoms with E-state index in [2.05, 4.69) is 6.07 Å². The van der Waals surface area contributed by atoms with Gasteiger partial charge < -0.3 is 4.90 Å². The molecule has 0 atom stereocenters. The van der Waals surface area contributed by atoms with Crippen molar-refractivity contribution in [2.75, 3.05) is 13.6 Å². The summed E-state index contributed by atoms with van der Waals surface area (Å²) >= 11 is 5.94. The third-order valence-corrected chi connectivity index (χ3v) is 4.42. The summed E-state index contributed by atoms with van der Waals surface area (Å²) in [7, 11) is 1.79. The zero-order valence-corrected chi connectivity index (χ0v) is 12.5. The van der Waals surface area contributed by atoms with Gasteiger partial charge in [-0.25, -0.2) is 0 Å². The Morgan fingerprint density at radius 1 is 1.35 bits per heavy atom. The predicted molar refractivity (Wildman–Crippen MR) is 79.5 cm³/mol. The number of halogens is 1. The second-order valence-electron chi connectivity index (χ2n) is 5.43. The molecule has 2 rings (SSSR count). The molecule has 20 heavy (non-hydrogen) atoms. The Morgan fingerprint density at radius 3 is 2.50 bits per heavy atom. The van der Waals surface area contributed by atoms with Crippen LogP contribution in [0.15, 0.2) is 24.3 Å². The van der Waals surface area contributed by atoms with Gasteiger partial charge in [-0.3, -0.25) is 4.79 Å². The van der Waals surface area contributed by atoms with E-state index < -0.39 is 5.41 Å². The highest BCUT2D eigenvalue weighted by Crippen LogP contribution is 2.42. The van der Waals surface area contributed by atoms with Crippen molar-refractivity contribution in [1.29, 1.82) is 5.26 Å². The summed E-state index contributed by atoms with van der Waals surface area (Å²) in [6, 6.07) is 9.71. The number of nitrogens with zero attached hydrogens (tertiary/aromatic N) is 2. The maximum absolute atomic E-state index is 12.8. The Kier molecular flexibility index (Phi) is 4.67. The van der Waals surface area contributed by atoms with Gasteiger partial charge in [0.05, 0.1) is 17.9 Å². The first-order valence-electron chi connectivity index (χ1n) is 6.99. The van der Waals surface area contributed by atoms with Gasteiger partial charge in [0.25, 0.3) is 0 Å². The molecule has 4 heteroatoms. The van der Waals surface area contributed by atoms with Crippen molar-refractivity contribution in [3.05, 3.63) is 34.9 Å². The first-order chi connectivity index (χ1) is 9.60. The Balaban J connectivity index is 2.28. The molecule has 0 heterocycles. The average Bonchev–Trinajstić information content (AvgIpc) is 2.95. The summed E-state index contributed by atoms with van der Waals surface area (Å²) in [5.74, 6) is 0.132. The number of hydrogen-bond donors (Lipinski definition) is 0. The quantitative estimate of drug-likeness (QED) is 0.851. The fourth-order valence-electron chi connectivity index (χ4n) is 3.06. The van der Waals surface area contributed by atoms with Crippen LogP contribution in [0.5, 0.6) is 0 Å². The molecule has 0 bridgehead atoms. The number of nitriles is 1. The van der Waals surface area contributed by atoms with Crippen molar-refractivity contribution in [1.82, 2.24) is 4.90 Å². The van der Waals surface area contributed by atoms with Gasteiger partial charge in [0, 0.05) is 18.6 Å². The first kappa shape index (κ1) is 14.9. The maximum Gasteiger partial charge on any atom is 0.232 e. The van der Waals surface area contributed by atoms with Crippen molar-refractivity contribution in [2.24, 2.45) is 0 Å². The third kappa shape index (κ3) is 2.81. The minimum atomic E-state index is -0.422. The summed E-state index contributed by atoms with van der Waals surface area (Å²) in [5, 5.41) is 9.36. The molecule has 3 nitrogen and oxygen atoms in total. The SMILES string of the molecule is CN(CCC#N)C(=O)C1(c2ccc(Cl)cc2)CCCC1. The fourth-order valence-corrected chi connectivity index (χ4v) is 3.18. The highest BCUT2D eigenvalue weighted by atomic mass is 35.5. The van der Waals surface area contributed by atoms with Crippen molar-refractivity contribution in [3.8, 4) is 6.07 Å². The van der Waals surface area contributed by atoms with Crippen molar-refractivity contribution < 1.29 is 4.79 Å². The molecule has 0 spiro atoms. The molecule has 1 aliphatic carbocycles. The minimum Gasteiger partial charge on any atom is -0.344 e. The smallest absolute Gasteiger partial charge is 0.232 e. The summed E-state index contributed by atoms with van der Waals surface area (Å²) in [5.41, 5.74) is 0.627. The summed E-state index contributed by atoms with van der Waals surface area (Å²) in [6.07, 6.45) is 4.27. The van der Waals surface area contributed by atoms with E-state index in [0.29, 0.717) is 18.0 Å². The lowest BCUT2D eigenvalue weighted by Crippen LogP contribution is -2.44. The van der Waals surface area contributed by atoms with E-state index in [4.69, 9.17) is 16.9 Å². The molecule has 0 aliphatic heterocycles. The number of carbonyl (C=O) groups excluding carboxylic acids is 1. The second kappa shape index (κ2) is 6.28. The molecular weight excluding hydrogens is 272 g/mol. The Bertz CT molecular complexity index is 512. The van der Waals surface area contributed by atoms with Crippen LogP contribution in [0, 0.1) is 11.3 Å². The number of rotatable bonds is 4. The standard InChI is InChI=1S/C16H19ClN2O/c1-19(12-4-11-18)15(20)16(9-2-3-10-16)13-5-7-14(17)8-6-13/h5-8H,2-4,9-10,12H2,1H3. The van der Waals surface area contributed by atoms with Crippen LogP contribution in [0.1, 0.15) is 37.7 Å². The van der Waals surface area contributed by atoms with E-state index in [9.17, 15) is 4.79 Å².